The highest BCUT2D eigenvalue weighted by molar-refractivity contribution is 5.79. The average Bonchev–Trinajstić information content (AvgIpc) is 3.11. The summed E-state index contributed by atoms with van der Waals surface area (Å²) in [5.41, 5.74) is 2.19. The number of aliphatic hydroxyl groups is 4. The zero-order valence-corrected chi connectivity index (χ0v) is 26.9. The largest absolute Gasteiger partial charge is 0.493 e. The van der Waals surface area contributed by atoms with Gasteiger partial charge >= 0.3 is 5.97 Å². The summed E-state index contributed by atoms with van der Waals surface area (Å²) >= 11 is 0. The molecule has 4 rings (SSSR count). The Labute approximate surface area is 283 Å². The van der Waals surface area contributed by atoms with E-state index in [1.54, 1.807) is 30.3 Å². The number of morpholine rings is 1. The van der Waals surface area contributed by atoms with Crippen LogP contribution in [0.4, 0.5) is 5.69 Å². The zero-order valence-electron chi connectivity index (χ0n) is 26.9. The van der Waals surface area contributed by atoms with E-state index < -0.39 is 73.6 Å². The van der Waals surface area contributed by atoms with Crippen LogP contribution in [0.25, 0.3) is 0 Å². The number of terminal acetylenes is 1. The number of carbonyl (C=O) groups is 3. The molecule has 15 nitrogen and oxygen atoms in total. The molecular formula is C34H43N3O12. The molecule has 0 spiro atoms. The third-order valence-corrected chi connectivity index (χ3v) is 8.17. The molecular weight excluding hydrogens is 642 g/mol. The highest BCUT2D eigenvalue weighted by Gasteiger charge is 2.55. The monoisotopic (exact) mass is 685 g/mol. The highest BCUT2D eigenvalue weighted by Crippen LogP contribution is 2.34. The van der Waals surface area contributed by atoms with Crippen molar-refractivity contribution in [2.75, 3.05) is 51.0 Å². The van der Waals surface area contributed by atoms with E-state index in [0.717, 1.165) is 24.3 Å². The van der Waals surface area contributed by atoms with E-state index in [2.05, 4.69) is 21.5 Å². The van der Waals surface area contributed by atoms with Gasteiger partial charge in [0.2, 0.25) is 11.8 Å². The van der Waals surface area contributed by atoms with Gasteiger partial charge in [0.1, 0.15) is 24.6 Å². The van der Waals surface area contributed by atoms with Crippen LogP contribution in [0.15, 0.2) is 48.5 Å². The van der Waals surface area contributed by atoms with E-state index in [-0.39, 0.29) is 13.0 Å². The number of carboxylic acids is 1. The molecule has 2 aliphatic heterocycles. The van der Waals surface area contributed by atoms with Crippen molar-refractivity contribution < 1.29 is 58.9 Å². The Hall–Kier alpha value is -4.27. The summed E-state index contributed by atoms with van der Waals surface area (Å²) in [4.78, 5) is 39.6. The van der Waals surface area contributed by atoms with Crippen molar-refractivity contribution in [3.63, 3.8) is 0 Å². The number of aliphatic carboxylic acids is 1. The highest BCUT2D eigenvalue weighted by atomic mass is 16.7. The molecule has 0 aromatic heterocycles. The Morgan fingerprint density at radius 1 is 1.08 bits per heavy atom. The molecule has 0 aliphatic carbocycles. The van der Waals surface area contributed by atoms with E-state index in [4.69, 9.17) is 25.4 Å². The summed E-state index contributed by atoms with van der Waals surface area (Å²) in [5, 5.41) is 57.4. The molecule has 266 valence electrons. The molecule has 2 fully saturated rings. The first-order chi connectivity index (χ1) is 23.5. The van der Waals surface area contributed by atoms with Gasteiger partial charge < -0.3 is 60.0 Å². The number of nitrogens with one attached hydrogen (secondary N) is 2. The van der Waals surface area contributed by atoms with Crippen molar-refractivity contribution in [2.24, 2.45) is 0 Å². The molecule has 0 radical (unpaired) electrons. The number of benzene rings is 2. The second-order valence-corrected chi connectivity index (χ2v) is 11.7. The molecule has 7 N–H and O–H groups in total. The van der Waals surface area contributed by atoms with Gasteiger partial charge in [-0.25, -0.2) is 4.79 Å². The third kappa shape index (κ3) is 10.4. The van der Waals surface area contributed by atoms with Crippen molar-refractivity contribution in [1.82, 2.24) is 10.6 Å². The van der Waals surface area contributed by atoms with Crippen LogP contribution in [-0.4, -0.2) is 126 Å². The fourth-order valence-corrected chi connectivity index (χ4v) is 5.55. The fraction of sp³-hybridized carbons (Fsp3) is 0.500. The number of carboxylic acid groups (broad SMARTS) is 1. The predicted molar refractivity (Wildman–Crippen MR) is 173 cm³/mol. The lowest BCUT2D eigenvalue weighted by Gasteiger charge is -2.46. The van der Waals surface area contributed by atoms with Crippen LogP contribution >= 0.6 is 0 Å². The number of hydrogen-bond donors (Lipinski definition) is 7. The number of ether oxygens (including phenoxy) is 4. The second kappa shape index (κ2) is 17.9. The first kappa shape index (κ1) is 37.5. The molecule has 2 aromatic rings. The van der Waals surface area contributed by atoms with E-state index >= 15 is 0 Å². The second-order valence-electron chi connectivity index (χ2n) is 11.7. The van der Waals surface area contributed by atoms with Crippen LogP contribution in [0.1, 0.15) is 24.0 Å². The summed E-state index contributed by atoms with van der Waals surface area (Å²) in [6.07, 6.45) is -2.14. The van der Waals surface area contributed by atoms with Crippen LogP contribution < -0.4 is 20.3 Å². The molecule has 49 heavy (non-hydrogen) atoms. The Bertz CT molecular complexity index is 1440. The maximum Gasteiger partial charge on any atom is 0.364 e. The summed E-state index contributed by atoms with van der Waals surface area (Å²) < 4.78 is 22.4. The van der Waals surface area contributed by atoms with Gasteiger partial charge in [-0.05, 0) is 35.4 Å². The van der Waals surface area contributed by atoms with Crippen LogP contribution in [-0.2, 0) is 41.6 Å². The maximum absolute atomic E-state index is 12.8. The van der Waals surface area contributed by atoms with Crippen molar-refractivity contribution in [3.05, 3.63) is 59.7 Å². The number of hydrogen-bond acceptors (Lipinski definition) is 12. The summed E-state index contributed by atoms with van der Waals surface area (Å²) in [5.74, 6) is -2.55. The molecule has 2 aromatic carbocycles. The zero-order chi connectivity index (χ0) is 35.4. The number of amides is 2. The molecule has 0 bridgehead atoms. The van der Waals surface area contributed by atoms with Gasteiger partial charge in [-0.3, -0.25) is 9.59 Å². The van der Waals surface area contributed by atoms with E-state index in [1.165, 1.54) is 0 Å². The SMILES string of the molecule is C#CCCOc1ccc(CO[C@]2(C(=O)O)C[C@H](O)[C@@H](NC(=O)CO)[C@H]([C@H](O)[C@H](O)CNC(=O)Cc3cccc(N4CCOCC4)c3)O2)cc1. The van der Waals surface area contributed by atoms with Gasteiger partial charge in [0, 0.05) is 38.2 Å². The van der Waals surface area contributed by atoms with Crippen molar-refractivity contribution in [2.45, 2.75) is 62.1 Å². The quantitative estimate of drug-likeness (QED) is 0.0829. The molecule has 0 unspecified atom stereocenters. The maximum atomic E-state index is 12.8. The Kier molecular flexibility index (Phi) is 13.7. The van der Waals surface area contributed by atoms with Gasteiger partial charge in [-0.1, -0.05) is 24.3 Å². The van der Waals surface area contributed by atoms with Crippen LogP contribution in [0.3, 0.4) is 0 Å². The van der Waals surface area contributed by atoms with Gasteiger partial charge in [-0.15, -0.1) is 12.3 Å². The molecule has 15 heteroatoms. The third-order valence-electron chi connectivity index (χ3n) is 8.17. The van der Waals surface area contributed by atoms with Crippen molar-refractivity contribution in [1.29, 1.82) is 0 Å². The summed E-state index contributed by atoms with van der Waals surface area (Å²) in [6.45, 7) is 1.23. The Morgan fingerprint density at radius 3 is 2.49 bits per heavy atom. The number of rotatable bonds is 16. The van der Waals surface area contributed by atoms with Gasteiger partial charge in [0.25, 0.3) is 5.79 Å². The van der Waals surface area contributed by atoms with Gasteiger partial charge in [0.15, 0.2) is 0 Å². The minimum atomic E-state index is -2.51. The number of nitrogens with zero attached hydrogens (tertiary/aromatic N) is 1. The normalized spacial score (nSPS) is 23.5. The van der Waals surface area contributed by atoms with Gasteiger partial charge in [0.05, 0.1) is 51.1 Å². The van der Waals surface area contributed by atoms with Crippen molar-refractivity contribution in [3.8, 4) is 18.1 Å². The minimum Gasteiger partial charge on any atom is -0.493 e. The van der Waals surface area contributed by atoms with E-state index in [1.807, 2.05) is 18.2 Å². The molecule has 2 saturated heterocycles. The topological polar surface area (TPSA) is 217 Å². The Balaban J connectivity index is 1.42. The minimum absolute atomic E-state index is 0.0250. The number of anilines is 1. The molecule has 2 amide bonds. The first-order valence-electron chi connectivity index (χ1n) is 15.9. The lowest BCUT2D eigenvalue weighted by atomic mass is 9.88. The van der Waals surface area contributed by atoms with Crippen LogP contribution in [0, 0.1) is 12.3 Å². The molecule has 0 saturated carbocycles. The predicted octanol–water partition coefficient (Wildman–Crippen LogP) is -1.07. The lowest BCUT2D eigenvalue weighted by molar-refractivity contribution is -0.314. The Morgan fingerprint density at radius 2 is 1.82 bits per heavy atom. The smallest absolute Gasteiger partial charge is 0.364 e. The van der Waals surface area contributed by atoms with Crippen molar-refractivity contribution >= 4 is 23.5 Å². The van der Waals surface area contributed by atoms with Gasteiger partial charge in [-0.2, -0.15) is 0 Å². The van der Waals surface area contributed by atoms with E-state index in [0.29, 0.717) is 37.6 Å². The number of aliphatic hydroxyl groups excluding tert-OH is 4. The fourth-order valence-electron chi connectivity index (χ4n) is 5.55. The van der Waals surface area contributed by atoms with Crippen LogP contribution in [0.2, 0.25) is 0 Å². The summed E-state index contributed by atoms with van der Waals surface area (Å²) in [6, 6.07) is 12.5. The standard InChI is InChI=1S/C34H43N3O12/c1-2-3-13-47-25-9-7-22(8-10-25)21-48-34(33(44)45)18-26(39)30(36-29(42)20-38)32(49-34)31(43)27(40)19-35-28(41)17-23-5-4-6-24(16-23)37-11-14-46-15-12-37/h1,4-10,16,26-27,30-32,38-40,43H,3,11-15,17-21H2,(H,35,41)(H,36,42)(H,44,45)/t26-,27+,30+,31+,32+,34+/m0/s1. The molecule has 2 aliphatic rings. The number of carbonyl (C=O) groups excluding carboxylic acids is 2. The van der Waals surface area contributed by atoms with E-state index in [9.17, 15) is 39.9 Å². The lowest BCUT2D eigenvalue weighted by Crippen LogP contribution is -2.68. The molecule has 6 atom stereocenters. The first-order valence-corrected chi connectivity index (χ1v) is 15.9. The summed E-state index contributed by atoms with van der Waals surface area (Å²) in [7, 11) is 0. The average molecular weight is 686 g/mol. The van der Waals surface area contributed by atoms with Crippen LogP contribution in [0.5, 0.6) is 5.75 Å². The molecule has 2 heterocycles.